The molecule has 6 heteroatoms. The van der Waals surface area contributed by atoms with Gasteiger partial charge in [-0.1, -0.05) is 0 Å². The Labute approximate surface area is 105 Å². The fraction of sp³-hybridized carbons (Fsp3) is 0.417. The van der Waals surface area contributed by atoms with Gasteiger partial charge in [-0.05, 0) is 24.6 Å². The van der Waals surface area contributed by atoms with Gasteiger partial charge >= 0.3 is 0 Å². The Morgan fingerprint density at radius 3 is 2.83 bits per heavy atom. The Hall–Kier alpha value is -1.95. The van der Waals surface area contributed by atoms with Crippen LogP contribution in [0.3, 0.4) is 0 Å². The lowest BCUT2D eigenvalue weighted by Crippen LogP contribution is -2.58. The summed E-state index contributed by atoms with van der Waals surface area (Å²) in [5, 5.41) is 8.44. The zero-order chi connectivity index (χ0) is 13.0. The summed E-state index contributed by atoms with van der Waals surface area (Å²) in [6, 6.07) is 3.27. The number of carbonyl (C=O) groups excluding carboxylic acids is 2. The van der Waals surface area contributed by atoms with Crippen molar-refractivity contribution in [1.82, 2.24) is 20.9 Å². The highest BCUT2D eigenvalue weighted by molar-refractivity contribution is 5.86. The number of carbonyl (C=O) groups is 2. The number of hydrogen-bond acceptors (Lipinski definition) is 4. The smallest absolute Gasteiger partial charge is 0.239 e. The quantitative estimate of drug-likeness (QED) is 0.663. The number of pyridine rings is 1. The van der Waals surface area contributed by atoms with E-state index >= 15 is 0 Å². The van der Waals surface area contributed by atoms with Gasteiger partial charge < -0.3 is 10.6 Å². The van der Waals surface area contributed by atoms with Crippen molar-refractivity contribution in [1.29, 1.82) is 0 Å². The summed E-state index contributed by atoms with van der Waals surface area (Å²) in [4.78, 5) is 26.8. The first-order valence-corrected chi connectivity index (χ1v) is 5.87. The molecule has 3 N–H and O–H groups in total. The summed E-state index contributed by atoms with van der Waals surface area (Å²) in [7, 11) is 0. The minimum absolute atomic E-state index is 0.0822. The van der Waals surface area contributed by atoms with Crippen molar-refractivity contribution < 1.29 is 9.59 Å². The second kappa shape index (κ2) is 5.59. The molecule has 1 aliphatic heterocycles. The molecule has 6 nitrogen and oxygen atoms in total. The number of hydrogen-bond donors (Lipinski definition) is 3. The third kappa shape index (κ3) is 3.04. The molecular weight excluding hydrogens is 232 g/mol. The van der Waals surface area contributed by atoms with Gasteiger partial charge in [-0.15, -0.1) is 0 Å². The molecule has 0 saturated carbocycles. The molecule has 2 amide bonds. The second-order valence-corrected chi connectivity index (χ2v) is 4.25. The van der Waals surface area contributed by atoms with Gasteiger partial charge in [-0.2, -0.15) is 0 Å². The van der Waals surface area contributed by atoms with Crippen LogP contribution in [-0.4, -0.2) is 35.9 Å². The molecule has 96 valence electrons. The number of nitrogens with one attached hydrogen (secondary N) is 3. The zero-order valence-corrected chi connectivity index (χ0v) is 10.1. The van der Waals surface area contributed by atoms with E-state index in [1.165, 1.54) is 0 Å². The van der Waals surface area contributed by atoms with Crippen LogP contribution in [0.15, 0.2) is 24.5 Å². The first-order chi connectivity index (χ1) is 8.66. The third-order valence-electron chi connectivity index (χ3n) is 2.89. The lowest BCUT2D eigenvalue weighted by molar-refractivity contribution is -0.127. The highest BCUT2D eigenvalue weighted by atomic mass is 16.2. The molecule has 1 saturated heterocycles. The van der Waals surface area contributed by atoms with Crippen molar-refractivity contribution in [2.24, 2.45) is 0 Å². The van der Waals surface area contributed by atoms with Gasteiger partial charge in [0.05, 0.1) is 12.6 Å². The van der Waals surface area contributed by atoms with Crippen LogP contribution >= 0.6 is 0 Å². The van der Waals surface area contributed by atoms with E-state index in [1.54, 1.807) is 12.4 Å². The van der Waals surface area contributed by atoms with E-state index in [9.17, 15) is 9.59 Å². The average molecular weight is 248 g/mol. The minimum Gasteiger partial charge on any atom is -0.353 e. The van der Waals surface area contributed by atoms with E-state index < -0.39 is 0 Å². The molecule has 0 radical (unpaired) electrons. The first-order valence-electron chi connectivity index (χ1n) is 5.87. The second-order valence-electron chi connectivity index (χ2n) is 4.25. The normalized spacial score (nSPS) is 20.9. The molecule has 18 heavy (non-hydrogen) atoms. The molecular formula is C12H16N4O2. The molecule has 2 atom stereocenters. The highest BCUT2D eigenvalue weighted by Crippen LogP contribution is 2.10. The zero-order valence-electron chi connectivity index (χ0n) is 10.1. The summed E-state index contributed by atoms with van der Waals surface area (Å²) >= 11 is 0. The van der Waals surface area contributed by atoms with E-state index in [-0.39, 0.29) is 30.4 Å². The molecule has 2 rings (SSSR count). The molecule has 2 heterocycles. The maximum absolute atomic E-state index is 11.9. The summed E-state index contributed by atoms with van der Waals surface area (Å²) in [6.07, 6.45) is 3.38. The lowest BCUT2D eigenvalue weighted by atomic mass is 10.1. The Balaban J connectivity index is 1.89. The maximum Gasteiger partial charge on any atom is 0.239 e. The van der Waals surface area contributed by atoms with Crippen LogP contribution in [0.25, 0.3) is 0 Å². The largest absolute Gasteiger partial charge is 0.353 e. The Kier molecular flexibility index (Phi) is 3.88. The van der Waals surface area contributed by atoms with Crippen molar-refractivity contribution in [2.75, 3.05) is 13.1 Å². The van der Waals surface area contributed by atoms with Crippen molar-refractivity contribution in [2.45, 2.75) is 19.0 Å². The molecule has 1 unspecified atom stereocenters. The summed E-state index contributed by atoms with van der Waals surface area (Å²) in [5.41, 5.74) is 0.998. The van der Waals surface area contributed by atoms with E-state index in [4.69, 9.17) is 0 Å². The van der Waals surface area contributed by atoms with Crippen LogP contribution in [0.4, 0.5) is 0 Å². The van der Waals surface area contributed by atoms with Crippen LogP contribution in [0, 0.1) is 0 Å². The molecule has 1 aromatic heterocycles. The number of aromatic nitrogens is 1. The van der Waals surface area contributed by atoms with Crippen molar-refractivity contribution >= 4 is 11.8 Å². The van der Waals surface area contributed by atoms with E-state index in [2.05, 4.69) is 20.9 Å². The molecule has 0 aliphatic carbocycles. The van der Waals surface area contributed by atoms with Gasteiger partial charge in [0, 0.05) is 18.9 Å². The fourth-order valence-corrected chi connectivity index (χ4v) is 1.80. The Bertz CT molecular complexity index is 425. The van der Waals surface area contributed by atoms with E-state index in [0.717, 1.165) is 5.56 Å². The summed E-state index contributed by atoms with van der Waals surface area (Å²) in [5.74, 6) is -0.194. The molecule has 0 bridgehead atoms. The molecule has 0 aromatic carbocycles. The van der Waals surface area contributed by atoms with Crippen LogP contribution in [-0.2, 0) is 9.59 Å². The van der Waals surface area contributed by atoms with Gasteiger partial charge in [0.15, 0.2) is 0 Å². The topological polar surface area (TPSA) is 83.1 Å². The minimum atomic E-state index is -0.369. The lowest BCUT2D eigenvalue weighted by Gasteiger charge is -2.25. The third-order valence-corrected chi connectivity index (χ3v) is 2.89. The number of nitrogens with zero attached hydrogens (tertiary/aromatic N) is 1. The Morgan fingerprint density at radius 1 is 1.50 bits per heavy atom. The predicted molar refractivity (Wildman–Crippen MR) is 65.6 cm³/mol. The maximum atomic E-state index is 11.9. The van der Waals surface area contributed by atoms with Crippen LogP contribution in [0.1, 0.15) is 18.5 Å². The van der Waals surface area contributed by atoms with Gasteiger partial charge in [-0.3, -0.25) is 19.9 Å². The highest BCUT2D eigenvalue weighted by Gasteiger charge is 2.24. The number of piperazine rings is 1. The van der Waals surface area contributed by atoms with Crippen molar-refractivity contribution in [3.8, 4) is 0 Å². The van der Waals surface area contributed by atoms with Crippen LogP contribution < -0.4 is 16.0 Å². The van der Waals surface area contributed by atoms with Gasteiger partial charge in [0.1, 0.15) is 6.04 Å². The van der Waals surface area contributed by atoms with E-state index in [1.807, 2.05) is 19.1 Å². The summed E-state index contributed by atoms with van der Waals surface area (Å²) in [6.45, 7) is 2.42. The average Bonchev–Trinajstić information content (AvgIpc) is 2.40. The predicted octanol–water partition coefficient (Wildman–Crippen LogP) is -0.653. The molecule has 1 fully saturated rings. The van der Waals surface area contributed by atoms with Crippen LogP contribution in [0.5, 0.6) is 0 Å². The molecule has 1 aromatic rings. The standard InChI is InChI=1S/C12H16N4O2/c1-8(9-2-4-13-5-3-9)16-12(18)10-6-15-11(17)7-14-10/h2-5,8,10,14H,6-7H2,1H3,(H,15,17)(H,16,18)/t8-,10?/m1/s1. The number of amides is 2. The monoisotopic (exact) mass is 248 g/mol. The van der Waals surface area contributed by atoms with Crippen molar-refractivity contribution in [3.05, 3.63) is 30.1 Å². The van der Waals surface area contributed by atoms with Gasteiger partial charge in [0.2, 0.25) is 11.8 Å². The first kappa shape index (κ1) is 12.5. The summed E-state index contributed by atoms with van der Waals surface area (Å²) < 4.78 is 0. The SMILES string of the molecule is C[C@@H](NC(=O)C1CNC(=O)CN1)c1ccncc1. The fourth-order valence-electron chi connectivity index (χ4n) is 1.80. The van der Waals surface area contributed by atoms with E-state index in [0.29, 0.717) is 6.54 Å². The molecule has 0 spiro atoms. The molecule has 1 aliphatic rings. The van der Waals surface area contributed by atoms with Crippen molar-refractivity contribution in [3.63, 3.8) is 0 Å². The van der Waals surface area contributed by atoms with Gasteiger partial charge in [-0.25, -0.2) is 0 Å². The van der Waals surface area contributed by atoms with Crippen LogP contribution in [0.2, 0.25) is 0 Å². The van der Waals surface area contributed by atoms with Gasteiger partial charge in [0.25, 0.3) is 0 Å². The Morgan fingerprint density at radius 2 is 2.22 bits per heavy atom. The number of rotatable bonds is 3.